The van der Waals surface area contributed by atoms with Crippen molar-refractivity contribution in [1.29, 1.82) is 0 Å². The Labute approximate surface area is 36.9 Å². The first-order chi connectivity index (χ1) is 2.97. The van der Waals surface area contributed by atoms with Crippen molar-refractivity contribution in [3.05, 3.63) is 0 Å². The van der Waals surface area contributed by atoms with Crippen LogP contribution < -0.4 is 10.6 Å². The van der Waals surface area contributed by atoms with Gasteiger partial charge >= 0.3 is 0 Å². The fourth-order valence-corrected chi connectivity index (χ4v) is 0.705. The predicted octanol–water partition coefficient (Wildman–Crippen LogP) is -1.07. The Morgan fingerprint density at radius 3 is 1.50 bits per heavy atom. The van der Waals surface area contributed by atoms with Crippen molar-refractivity contribution in [3.8, 4) is 0 Å². The molecule has 2 N–H and O–H groups in total. The van der Waals surface area contributed by atoms with Crippen LogP contribution in [0.3, 0.4) is 0 Å². The van der Waals surface area contributed by atoms with Gasteiger partial charge in [-0.2, -0.15) is 0 Å². The summed E-state index contributed by atoms with van der Waals surface area (Å²) < 4.78 is 0. The van der Waals surface area contributed by atoms with Gasteiger partial charge in [-0.05, 0) is 0 Å². The van der Waals surface area contributed by atoms with E-state index in [4.69, 9.17) is 0 Å². The summed E-state index contributed by atoms with van der Waals surface area (Å²) in [5.41, 5.74) is 0. The number of hydrogen-bond acceptors (Lipinski definition) is 2. The summed E-state index contributed by atoms with van der Waals surface area (Å²) >= 11 is 0. The summed E-state index contributed by atoms with van der Waals surface area (Å²) in [6.07, 6.45) is 0. The Bertz CT molecular complexity index is 53.9. The SMILES string of the molecule is C1N[C@H]1[C@H]1CN1. The van der Waals surface area contributed by atoms with Crippen molar-refractivity contribution in [2.45, 2.75) is 12.1 Å². The van der Waals surface area contributed by atoms with Crippen LogP contribution in [0, 0.1) is 0 Å². The van der Waals surface area contributed by atoms with Gasteiger partial charge in [0.05, 0.1) is 0 Å². The molecule has 2 nitrogen and oxygen atoms in total. The summed E-state index contributed by atoms with van der Waals surface area (Å²) in [4.78, 5) is 0. The zero-order chi connectivity index (χ0) is 3.98. The van der Waals surface area contributed by atoms with Crippen molar-refractivity contribution in [2.75, 3.05) is 13.1 Å². The third-order valence-corrected chi connectivity index (χ3v) is 1.37. The molecule has 0 aromatic carbocycles. The minimum atomic E-state index is 0.852. The average molecular weight is 84.1 g/mol. The van der Waals surface area contributed by atoms with Crippen molar-refractivity contribution >= 4 is 0 Å². The molecule has 0 unspecified atom stereocenters. The fourth-order valence-electron chi connectivity index (χ4n) is 0.705. The van der Waals surface area contributed by atoms with Gasteiger partial charge in [-0.15, -0.1) is 0 Å². The molecule has 2 heterocycles. The molecule has 2 heteroatoms. The van der Waals surface area contributed by atoms with Gasteiger partial charge < -0.3 is 10.6 Å². The van der Waals surface area contributed by atoms with Crippen LogP contribution in [0.15, 0.2) is 0 Å². The van der Waals surface area contributed by atoms with Gasteiger partial charge in [0.25, 0.3) is 0 Å². The maximum Gasteiger partial charge on any atom is 0.0359 e. The standard InChI is InChI=1S/C4H8N2/c1-3(5-1)4-2-6-4/h3-6H,1-2H2/t3-,4-/m1/s1. The Morgan fingerprint density at radius 2 is 1.33 bits per heavy atom. The van der Waals surface area contributed by atoms with Crippen LogP contribution in [-0.2, 0) is 0 Å². The quantitative estimate of drug-likeness (QED) is 0.397. The maximum atomic E-state index is 3.23. The van der Waals surface area contributed by atoms with E-state index in [9.17, 15) is 0 Å². The molecular formula is C4H8N2. The van der Waals surface area contributed by atoms with Crippen LogP contribution in [0.5, 0.6) is 0 Å². The lowest BCUT2D eigenvalue weighted by atomic mass is 10.4. The summed E-state index contributed by atoms with van der Waals surface area (Å²) in [6, 6.07) is 1.70. The molecule has 0 amide bonds. The maximum absolute atomic E-state index is 3.23. The third-order valence-electron chi connectivity index (χ3n) is 1.37. The minimum Gasteiger partial charge on any atom is -0.310 e. The number of nitrogens with one attached hydrogen (secondary N) is 2. The number of hydrogen-bond donors (Lipinski definition) is 2. The first kappa shape index (κ1) is 2.99. The topological polar surface area (TPSA) is 43.9 Å². The van der Waals surface area contributed by atoms with Crippen molar-refractivity contribution in [2.24, 2.45) is 0 Å². The van der Waals surface area contributed by atoms with E-state index in [2.05, 4.69) is 10.6 Å². The van der Waals surface area contributed by atoms with E-state index in [-0.39, 0.29) is 0 Å². The smallest absolute Gasteiger partial charge is 0.0359 e. The zero-order valence-electron chi connectivity index (χ0n) is 3.57. The number of rotatable bonds is 1. The summed E-state index contributed by atoms with van der Waals surface area (Å²) in [5, 5.41) is 6.47. The van der Waals surface area contributed by atoms with Crippen molar-refractivity contribution in [1.82, 2.24) is 10.6 Å². The second-order valence-corrected chi connectivity index (χ2v) is 2.03. The summed E-state index contributed by atoms with van der Waals surface area (Å²) in [7, 11) is 0. The molecule has 0 spiro atoms. The largest absolute Gasteiger partial charge is 0.310 e. The highest BCUT2D eigenvalue weighted by molar-refractivity contribution is 5.03. The molecule has 34 valence electrons. The van der Waals surface area contributed by atoms with Crippen LogP contribution >= 0.6 is 0 Å². The van der Waals surface area contributed by atoms with Gasteiger partial charge in [0.15, 0.2) is 0 Å². The minimum absolute atomic E-state index is 0.852. The first-order valence-corrected chi connectivity index (χ1v) is 2.43. The van der Waals surface area contributed by atoms with Gasteiger partial charge in [0.1, 0.15) is 0 Å². The molecule has 2 fully saturated rings. The van der Waals surface area contributed by atoms with Crippen LogP contribution in [0.25, 0.3) is 0 Å². The molecule has 0 aromatic rings. The lowest BCUT2D eigenvalue weighted by Gasteiger charge is -1.75. The molecule has 0 radical (unpaired) electrons. The monoisotopic (exact) mass is 84.1 g/mol. The van der Waals surface area contributed by atoms with Crippen molar-refractivity contribution in [3.63, 3.8) is 0 Å². The van der Waals surface area contributed by atoms with Crippen LogP contribution in [-0.4, -0.2) is 25.2 Å². The Kier molecular flexibility index (Phi) is 0.383. The highest BCUT2D eigenvalue weighted by Crippen LogP contribution is 2.10. The summed E-state index contributed by atoms with van der Waals surface area (Å²) in [5.74, 6) is 0. The lowest BCUT2D eigenvalue weighted by Crippen LogP contribution is -2.02. The van der Waals surface area contributed by atoms with Gasteiger partial charge in [-0.3, -0.25) is 0 Å². The first-order valence-electron chi connectivity index (χ1n) is 2.43. The molecular weight excluding hydrogens is 76.1 g/mol. The molecule has 2 aliphatic heterocycles. The Hall–Kier alpha value is -0.0800. The summed E-state index contributed by atoms with van der Waals surface area (Å²) in [6.45, 7) is 2.50. The van der Waals surface area contributed by atoms with Gasteiger partial charge in [-0.1, -0.05) is 0 Å². The Balaban J connectivity index is 1.92. The van der Waals surface area contributed by atoms with E-state index < -0.39 is 0 Å². The molecule has 0 aliphatic carbocycles. The predicted molar refractivity (Wildman–Crippen MR) is 23.6 cm³/mol. The normalized spacial score (nSPS) is 52.0. The van der Waals surface area contributed by atoms with Gasteiger partial charge in [0, 0.05) is 25.2 Å². The molecule has 0 aromatic heterocycles. The third kappa shape index (κ3) is 0.340. The second kappa shape index (κ2) is 0.768. The van der Waals surface area contributed by atoms with Crippen LogP contribution in [0.4, 0.5) is 0 Å². The van der Waals surface area contributed by atoms with Crippen LogP contribution in [0.2, 0.25) is 0 Å². The van der Waals surface area contributed by atoms with E-state index >= 15 is 0 Å². The molecule has 2 aliphatic rings. The average Bonchev–Trinajstić information content (AvgIpc) is 2.26. The fraction of sp³-hybridized carbons (Fsp3) is 1.00. The molecule has 6 heavy (non-hydrogen) atoms. The Morgan fingerprint density at radius 1 is 1.00 bits per heavy atom. The molecule has 0 bridgehead atoms. The van der Waals surface area contributed by atoms with Gasteiger partial charge in [0.2, 0.25) is 0 Å². The van der Waals surface area contributed by atoms with Crippen LogP contribution in [0.1, 0.15) is 0 Å². The van der Waals surface area contributed by atoms with Crippen molar-refractivity contribution < 1.29 is 0 Å². The van der Waals surface area contributed by atoms with E-state index in [1.807, 2.05) is 0 Å². The molecule has 2 rings (SSSR count). The van der Waals surface area contributed by atoms with E-state index in [1.54, 1.807) is 0 Å². The van der Waals surface area contributed by atoms with E-state index in [0.29, 0.717) is 0 Å². The molecule has 2 atom stereocenters. The molecule has 0 saturated carbocycles. The van der Waals surface area contributed by atoms with Gasteiger partial charge in [-0.25, -0.2) is 0 Å². The lowest BCUT2D eigenvalue weighted by molar-refractivity contribution is 0.902. The van der Waals surface area contributed by atoms with E-state index in [1.165, 1.54) is 13.1 Å². The second-order valence-electron chi connectivity index (χ2n) is 2.03. The zero-order valence-corrected chi connectivity index (χ0v) is 3.57. The highest BCUT2D eigenvalue weighted by atomic mass is 15.2. The molecule has 2 saturated heterocycles. The highest BCUT2D eigenvalue weighted by Gasteiger charge is 2.37. The van der Waals surface area contributed by atoms with E-state index in [0.717, 1.165) is 12.1 Å².